The summed E-state index contributed by atoms with van der Waals surface area (Å²) in [5, 5.41) is 12.4. The van der Waals surface area contributed by atoms with Crippen LogP contribution in [0, 0.1) is 6.92 Å². The predicted octanol–water partition coefficient (Wildman–Crippen LogP) is 2.20. The summed E-state index contributed by atoms with van der Waals surface area (Å²) < 4.78 is 0. The molecule has 2 rings (SSSR count). The molecule has 1 heterocycles. The second kappa shape index (κ2) is 5.87. The number of likely N-dealkylation sites (tertiary alicyclic amines) is 1. The van der Waals surface area contributed by atoms with Crippen molar-refractivity contribution in [3.8, 4) is 0 Å². The van der Waals surface area contributed by atoms with Crippen molar-refractivity contribution in [2.75, 3.05) is 31.5 Å². The maximum atomic E-state index is 11.1. The van der Waals surface area contributed by atoms with Gasteiger partial charge < -0.3 is 15.3 Å². The molecular formula is C14H20N2O2. The molecule has 0 amide bonds. The molecule has 0 aromatic heterocycles. The number of carbonyl (C=O) groups is 1. The van der Waals surface area contributed by atoms with E-state index in [4.69, 9.17) is 5.11 Å². The lowest BCUT2D eigenvalue weighted by atomic mass is 10.1. The highest BCUT2D eigenvalue weighted by Crippen LogP contribution is 2.20. The van der Waals surface area contributed by atoms with Gasteiger partial charge in [-0.15, -0.1) is 0 Å². The summed E-state index contributed by atoms with van der Waals surface area (Å²) in [4.78, 5) is 13.6. The molecule has 1 aliphatic rings. The van der Waals surface area contributed by atoms with Crippen LogP contribution >= 0.6 is 0 Å². The Balaban J connectivity index is 1.97. The largest absolute Gasteiger partial charge is 0.478 e. The van der Waals surface area contributed by atoms with Crippen molar-refractivity contribution in [1.82, 2.24) is 4.90 Å². The number of rotatable bonds is 5. The van der Waals surface area contributed by atoms with Crippen molar-refractivity contribution < 1.29 is 9.90 Å². The maximum Gasteiger partial charge on any atom is 0.337 e. The lowest BCUT2D eigenvalue weighted by Crippen LogP contribution is -2.26. The Bertz CT molecular complexity index is 426. The highest BCUT2D eigenvalue weighted by Gasteiger charge is 2.13. The molecule has 0 saturated carbocycles. The molecule has 1 fully saturated rings. The number of anilines is 1. The van der Waals surface area contributed by atoms with Crippen LogP contribution in [0.1, 0.15) is 28.8 Å². The number of aromatic carboxylic acids is 1. The molecule has 0 spiro atoms. The predicted molar refractivity (Wildman–Crippen MR) is 72.3 cm³/mol. The Morgan fingerprint density at radius 3 is 2.78 bits per heavy atom. The zero-order chi connectivity index (χ0) is 13.0. The SMILES string of the molecule is Cc1cccc(C(=O)O)c1NCCN1CCCC1. The molecule has 18 heavy (non-hydrogen) atoms. The molecule has 0 aliphatic carbocycles. The van der Waals surface area contributed by atoms with Gasteiger partial charge in [-0.1, -0.05) is 12.1 Å². The Morgan fingerprint density at radius 2 is 2.11 bits per heavy atom. The first-order chi connectivity index (χ1) is 8.68. The minimum absolute atomic E-state index is 0.358. The number of hydrogen-bond acceptors (Lipinski definition) is 3. The number of benzene rings is 1. The molecule has 0 radical (unpaired) electrons. The van der Waals surface area contributed by atoms with Gasteiger partial charge in [0.05, 0.1) is 11.3 Å². The normalized spacial score (nSPS) is 15.8. The van der Waals surface area contributed by atoms with Gasteiger partial charge in [0.2, 0.25) is 0 Å². The van der Waals surface area contributed by atoms with Crippen LogP contribution in [-0.2, 0) is 0 Å². The molecule has 0 atom stereocenters. The second-order valence-electron chi connectivity index (χ2n) is 4.78. The van der Waals surface area contributed by atoms with Gasteiger partial charge in [0.25, 0.3) is 0 Å². The number of nitrogens with zero attached hydrogens (tertiary/aromatic N) is 1. The van der Waals surface area contributed by atoms with Crippen molar-refractivity contribution in [3.05, 3.63) is 29.3 Å². The van der Waals surface area contributed by atoms with E-state index < -0.39 is 5.97 Å². The summed E-state index contributed by atoms with van der Waals surface area (Å²) in [5.41, 5.74) is 2.09. The number of nitrogens with one attached hydrogen (secondary N) is 1. The first-order valence-electron chi connectivity index (χ1n) is 6.47. The van der Waals surface area contributed by atoms with Crippen molar-refractivity contribution in [2.24, 2.45) is 0 Å². The Kier molecular flexibility index (Phi) is 4.20. The fraction of sp³-hybridized carbons (Fsp3) is 0.500. The second-order valence-corrected chi connectivity index (χ2v) is 4.78. The number of carboxylic acid groups (broad SMARTS) is 1. The van der Waals surface area contributed by atoms with Gasteiger partial charge in [-0.05, 0) is 44.5 Å². The van der Waals surface area contributed by atoms with E-state index >= 15 is 0 Å². The minimum Gasteiger partial charge on any atom is -0.478 e. The number of carboxylic acids is 1. The number of aryl methyl sites for hydroxylation is 1. The zero-order valence-corrected chi connectivity index (χ0v) is 10.8. The van der Waals surface area contributed by atoms with Crippen molar-refractivity contribution in [3.63, 3.8) is 0 Å². The van der Waals surface area contributed by atoms with Crippen LogP contribution in [0.15, 0.2) is 18.2 Å². The van der Waals surface area contributed by atoms with Crippen LogP contribution < -0.4 is 5.32 Å². The van der Waals surface area contributed by atoms with Crippen LogP contribution in [0.5, 0.6) is 0 Å². The van der Waals surface area contributed by atoms with Crippen LogP contribution in [0.2, 0.25) is 0 Å². The van der Waals surface area contributed by atoms with Gasteiger partial charge in [-0.25, -0.2) is 4.79 Å². The molecular weight excluding hydrogens is 228 g/mol. The maximum absolute atomic E-state index is 11.1. The van der Waals surface area contributed by atoms with Gasteiger partial charge in [0.1, 0.15) is 0 Å². The molecule has 1 aromatic rings. The first-order valence-corrected chi connectivity index (χ1v) is 6.47. The minimum atomic E-state index is -0.873. The van der Waals surface area contributed by atoms with E-state index in [1.165, 1.54) is 25.9 Å². The fourth-order valence-corrected chi connectivity index (χ4v) is 2.43. The van der Waals surface area contributed by atoms with Gasteiger partial charge in [0, 0.05) is 13.1 Å². The van der Waals surface area contributed by atoms with Crippen LogP contribution in [-0.4, -0.2) is 42.2 Å². The van der Waals surface area contributed by atoms with Gasteiger partial charge in [0.15, 0.2) is 0 Å². The molecule has 4 heteroatoms. The molecule has 2 N–H and O–H groups in total. The molecule has 4 nitrogen and oxygen atoms in total. The zero-order valence-electron chi connectivity index (χ0n) is 10.8. The van der Waals surface area contributed by atoms with Gasteiger partial charge >= 0.3 is 5.97 Å². The van der Waals surface area contributed by atoms with Crippen LogP contribution in [0.4, 0.5) is 5.69 Å². The summed E-state index contributed by atoms with van der Waals surface area (Å²) in [6, 6.07) is 5.36. The van der Waals surface area contributed by atoms with E-state index in [0.29, 0.717) is 5.56 Å². The van der Waals surface area contributed by atoms with E-state index in [0.717, 1.165) is 24.3 Å². The lowest BCUT2D eigenvalue weighted by Gasteiger charge is -2.17. The first kappa shape index (κ1) is 12.9. The molecule has 1 aliphatic heterocycles. The Labute approximate surface area is 108 Å². The van der Waals surface area contributed by atoms with E-state index in [-0.39, 0.29) is 0 Å². The number of hydrogen-bond donors (Lipinski definition) is 2. The third kappa shape index (κ3) is 3.01. The molecule has 1 aromatic carbocycles. The highest BCUT2D eigenvalue weighted by atomic mass is 16.4. The quantitative estimate of drug-likeness (QED) is 0.838. The van der Waals surface area contributed by atoms with Gasteiger partial charge in [-0.3, -0.25) is 0 Å². The van der Waals surface area contributed by atoms with Crippen LogP contribution in [0.25, 0.3) is 0 Å². The van der Waals surface area contributed by atoms with E-state index in [1.807, 2.05) is 13.0 Å². The van der Waals surface area contributed by atoms with Crippen molar-refractivity contribution >= 4 is 11.7 Å². The molecule has 98 valence electrons. The van der Waals surface area contributed by atoms with Crippen molar-refractivity contribution in [2.45, 2.75) is 19.8 Å². The molecule has 0 unspecified atom stereocenters. The fourth-order valence-electron chi connectivity index (χ4n) is 2.43. The Morgan fingerprint density at radius 1 is 1.39 bits per heavy atom. The summed E-state index contributed by atoms with van der Waals surface area (Å²) in [5.74, 6) is -0.873. The van der Waals surface area contributed by atoms with E-state index in [9.17, 15) is 4.79 Å². The highest BCUT2D eigenvalue weighted by molar-refractivity contribution is 5.95. The lowest BCUT2D eigenvalue weighted by molar-refractivity contribution is 0.0698. The smallest absolute Gasteiger partial charge is 0.337 e. The molecule has 0 bridgehead atoms. The third-order valence-corrected chi connectivity index (χ3v) is 3.43. The standard InChI is InChI=1S/C14H20N2O2/c1-11-5-4-6-12(14(17)18)13(11)15-7-10-16-8-2-3-9-16/h4-6,15H,2-3,7-10H2,1H3,(H,17,18). The third-order valence-electron chi connectivity index (χ3n) is 3.43. The average Bonchev–Trinajstić information content (AvgIpc) is 2.84. The Hall–Kier alpha value is -1.55. The molecule has 1 saturated heterocycles. The van der Waals surface area contributed by atoms with E-state index in [1.54, 1.807) is 12.1 Å². The summed E-state index contributed by atoms with van der Waals surface area (Å²) in [7, 11) is 0. The summed E-state index contributed by atoms with van der Waals surface area (Å²) in [6.45, 7) is 6.05. The summed E-state index contributed by atoms with van der Waals surface area (Å²) >= 11 is 0. The van der Waals surface area contributed by atoms with E-state index in [2.05, 4.69) is 10.2 Å². The van der Waals surface area contributed by atoms with Gasteiger partial charge in [-0.2, -0.15) is 0 Å². The van der Waals surface area contributed by atoms with Crippen molar-refractivity contribution in [1.29, 1.82) is 0 Å². The topological polar surface area (TPSA) is 52.6 Å². The summed E-state index contributed by atoms with van der Waals surface area (Å²) in [6.07, 6.45) is 2.56. The van der Waals surface area contributed by atoms with Crippen LogP contribution in [0.3, 0.4) is 0 Å². The average molecular weight is 248 g/mol. The number of para-hydroxylation sites is 1. The monoisotopic (exact) mass is 248 g/mol.